The van der Waals surface area contributed by atoms with E-state index in [2.05, 4.69) is 15.6 Å². The molecule has 1 saturated carbocycles. The fraction of sp³-hybridized carbons (Fsp3) is 0.611. The monoisotopic (exact) mass is 512 g/mol. The molecular formula is C18H30FIN4O2S. The summed E-state index contributed by atoms with van der Waals surface area (Å²) in [5.74, 6) is 0.357. The van der Waals surface area contributed by atoms with Crippen LogP contribution in [0.25, 0.3) is 0 Å². The summed E-state index contributed by atoms with van der Waals surface area (Å²) in [5.41, 5.74) is 0.531. The fourth-order valence-electron chi connectivity index (χ4n) is 3.10. The first-order chi connectivity index (χ1) is 12.4. The van der Waals surface area contributed by atoms with Gasteiger partial charge in [-0.3, -0.25) is 4.99 Å². The molecule has 2 rings (SSSR count). The predicted octanol–water partition coefficient (Wildman–Crippen LogP) is 2.31. The van der Waals surface area contributed by atoms with E-state index in [1.807, 2.05) is 26.0 Å². The van der Waals surface area contributed by atoms with Crippen LogP contribution in [0, 0.1) is 5.82 Å². The molecule has 1 aliphatic carbocycles. The van der Waals surface area contributed by atoms with Crippen molar-refractivity contribution in [3.05, 3.63) is 35.6 Å². The molecule has 0 unspecified atom stereocenters. The van der Waals surface area contributed by atoms with Crippen molar-refractivity contribution >= 4 is 40.0 Å². The molecule has 0 amide bonds. The van der Waals surface area contributed by atoms with Gasteiger partial charge in [0.15, 0.2) is 5.96 Å². The second-order valence-electron chi connectivity index (χ2n) is 6.51. The second kappa shape index (κ2) is 10.6. The van der Waals surface area contributed by atoms with Gasteiger partial charge in [0.2, 0.25) is 10.0 Å². The van der Waals surface area contributed by atoms with Gasteiger partial charge >= 0.3 is 0 Å². The Balaban J connectivity index is 0.00000364. The summed E-state index contributed by atoms with van der Waals surface area (Å²) in [7, 11) is -1.63. The molecule has 0 aliphatic heterocycles. The van der Waals surface area contributed by atoms with Crippen molar-refractivity contribution < 1.29 is 12.8 Å². The van der Waals surface area contributed by atoms with Crippen molar-refractivity contribution in [3.8, 4) is 0 Å². The molecule has 0 heterocycles. The first kappa shape index (κ1) is 24.1. The summed E-state index contributed by atoms with van der Waals surface area (Å²) in [6.07, 6.45) is 1.85. The van der Waals surface area contributed by atoms with E-state index in [0.29, 0.717) is 25.6 Å². The van der Waals surface area contributed by atoms with Gasteiger partial charge < -0.3 is 10.6 Å². The summed E-state index contributed by atoms with van der Waals surface area (Å²) in [6.45, 7) is 5.43. The van der Waals surface area contributed by atoms with Gasteiger partial charge in [-0.05, 0) is 24.5 Å². The van der Waals surface area contributed by atoms with Crippen molar-refractivity contribution in [2.45, 2.75) is 32.1 Å². The molecule has 1 aliphatic rings. The number of rotatable bonds is 9. The number of hydrogen-bond donors (Lipinski definition) is 2. The number of nitrogens with one attached hydrogen (secondary N) is 2. The molecule has 0 saturated heterocycles. The highest BCUT2D eigenvalue weighted by atomic mass is 127. The van der Waals surface area contributed by atoms with Gasteiger partial charge in [-0.2, -0.15) is 0 Å². The van der Waals surface area contributed by atoms with Gasteiger partial charge in [-0.15, -0.1) is 24.0 Å². The minimum Gasteiger partial charge on any atom is -0.356 e. The first-order valence-corrected chi connectivity index (χ1v) is 10.7. The number of guanidine groups is 1. The van der Waals surface area contributed by atoms with Crippen molar-refractivity contribution in [2.24, 2.45) is 4.99 Å². The molecule has 1 fully saturated rings. The van der Waals surface area contributed by atoms with Crippen LogP contribution in [0.3, 0.4) is 0 Å². The zero-order valence-corrected chi connectivity index (χ0v) is 19.3. The summed E-state index contributed by atoms with van der Waals surface area (Å²) in [6, 6.07) is 6.86. The van der Waals surface area contributed by atoms with Crippen LogP contribution in [-0.2, 0) is 15.4 Å². The molecule has 154 valence electrons. The zero-order chi connectivity index (χ0) is 19.2. The van der Waals surface area contributed by atoms with E-state index in [1.165, 1.54) is 10.4 Å². The second-order valence-corrected chi connectivity index (χ2v) is 8.60. The Kier molecular flexibility index (Phi) is 9.43. The van der Waals surface area contributed by atoms with Gasteiger partial charge in [0, 0.05) is 38.6 Å². The Labute approximate surface area is 179 Å². The van der Waals surface area contributed by atoms with E-state index in [1.54, 1.807) is 13.1 Å². The number of halogens is 2. The Bertz CT molecular complexity index is 735. The molecular weight excluding hydrogens is 482 g/mol. The largest absolute Gasteiger partial charge is 0.356 e. The molecule has 0 spiro atoms. The SMILES string of the molecule is CCN(CC)S(=O)(=O)CCNC(=NC)NCC1(c2ccccc2F)CC1.I. The highest BCUT2D eigenvalue weighted by Crippen LogP contribution is 2.48. The van der Waals surface area contributed by atoms with Crippen LogP contribution in [0.2, 0.25) is 0 Å². The molecule has 1 aromatic rings. The third-order valence-corrected chi connectivity index (χ3v) is 6.89. The Hall–Kier alpha value is -0.940. The molecule has 1 aromatic carbocycles. The van der Waals surface area contributed by atoms with Crippen molar-refractivity contribution in [2.75, 3.05) is 39.0 Å². The van der Waals surface area contributed by atoms with Gasteiger partial charge in [-0.25, -0.2) is 17.1 Å². The molecule has 0 atom stereocenters. The number of nitrogens with zero attached hydrogens (tertiary/aromatic N) is 2. The Morgan fingerprint density at radius 1 is 1.22 bits per heavy atom. The third kappa shape index (κ3) is 6.28. The van der Waals surface area contributed by atoms with Crippen molar-refractivity contribution in [1.82, 2.24) is 14.9 Å². The topological polar surface area (TPSA) is 73.8 Å². The van der Waals surface area contributed by atoms with Gasteiger partial charge in [-0.1, -0.05) is 32.0 Å². The number of benzene rings is 1. The average Bonchev–Trinajstić information content (AvgIpc) is 3.40. The quantitative estimate of drug-likeness (QED) is 0.303. The Morgan fingerprint density at radius 2 is 1.85 bits per heavy atom. The molecule has 0 aromatic heterocycles. The van der Waals surface area contributed by atoms with Crippen LogP contribution >= 0.6 is 24.0 Å². The van der Waals surface area contributed by atoms with Crippen LogP contribution in [0.15, 0.2) is 29.3 Å². The molecule has 6 nitrogen and oxygen atoms in total. The van der Waals surface area contributed by atoms with Gasteiger partial charge in [0.25, 0.3) is 0 Å². The van der Waals surface area contributed by atoms with E-state index >= 15 is 0 Å². The maximum absolute atomic E-state index is 14.1. The molecule has 9 heteroatoms. The average molecular weight is 512 g/mol. The number of sulfonamides is 1. The highest BCUT2D eigenvalue weighted by Gasteiger charge is 2.45. The molecule has 27 heavy (non-hydrogen) atoms. The van der Waals surface area contributed by atoms with Crippen LogP contribution < -0.4 is 10.6 Å². The van der Waals surface area contributed by atoms with Gasteiger partial charge in [0.1, 0.15) is 5.82 Å². The zero-order valence-electron chi connectivity index (χ0n) is 16.2. The normalized spacial score (nSPS) is 16.0. The Morgan fingerprint density at radius 3 is 2.37 bits per heavy atom. The molecule has 0 radical (unpaired) electrons. The minimum atomic E-state index is -3.27. The van der Waals surface area contributed by atoms with E-state index in [4.69, 9.17) is 0 Å². The predicted molar refractivity (Wildman–Crippen MR) is 119 cm³/mol. The number of aliphatic imine (C=N–C) groups is 1. The fourth-order valence-corrected chi connectivity index (χ4v) is 4.51. The lowest BCUT2D eigenvalue weighted by molar-refractivity contribution is 0.445. The van der Waals surface area contributed by atoms with E-state index in [-0.39, 0.29) is 47.5 Å². The smallest absolute Gasteiger partial charge is 0.215 e. The lowest BCUT2D eigenvalue weighted by Crippen LogP contribution is -2.44. The standard InChI is InChI=1S/C18H29FN4O2S.HI/c1-4-23(5-2)26(24,25)13-12-21-17(20-3)22-14-18(10-11-18)15-8-6-7-9-16(15)19;/h6-9H,4-5,10-14H2,1-3H3,(H2,20,21,22);1H. The van der Waals surface area contributed by atoms with Crippen molar-refractivity contribution in [3.63, 3.8) is 0 Å². The summed E-state index contributed by atoms with van der Waals surface area (Å²) < 4.78 is 39.9. The van der Waals surface area contributed by atoms with Gasteiger partial charge in [0.05, 0.1) is 5.75 Å². The lowest BCUT2D eigenvalue weighted by Gasteiger charge is -2.21. The third-order valence-electron chi connectivity index (χ3n) is 4.87. The maximum Gasteiger partial charge on any atom is 0.215 e. The van der Waals surface area contributed by atoms with E-state index < -0.39 is 10.0 Å². The van der Waals surface area contributed by atoms with E-state index in [9.17, 15) is 12.8 Å². The van der Waals surface area contributed by atoms with Crippen LogP contribution in [0.5, 0.6) is 0 Å². The summed E-state index contributed by atoms with van der Waals surface area (Å²) in [5, 5.41) is 6.24. The van der Waals surface area contributed by atoms with E-state index in [0.717, 1.165) is 18.4 Å². The van der Waals surface area contributed by atoms with Crippen LogP contribution in [0.4, 0.5) is 4.39 Å². The summed E-state index contributed by atoms with van der Waals surface area (Å²) >= 11 is 0. The highest BCUT2D eigenvalue weighted by molar-refractivity contribution is 14.0. The van der Waals surface area contributed by atoms with Crippen molar-refractivity contribution in [1.29, 1.82) is 0 Å². The van der Waals surface area contributed by atoms with Crippen LogP contribution in [0.1, 0.15) is 32.3 Å². The molecule has 2 N–H and O–H groups in total. The van der Waals surface area contributed by atoms with Crippen LogP contribution in [-0.4, -0.2) is 57.7 Å². The lowest BCUT2D eigenvalue weighted by atomic mass is 9.95. The summed E-state index contributed by atoms with van der Waals surface area (Å²) in [4.78, 5) is 4.13. The molecule has 0 bridgehead atoms. The number of hydrogen-bond acceptors (Lipinski definition) is 3. The maximum atomic E-state index is 14.1. The first-order valence-electron chi connectivity index (χ1n) is 9.06. The minimum absolute atomic E-state index is 0.